The molecule has 1 aromatic carbocycles. The van der Waals surface area contributed by atoms with Gasteiger partial charge >= 0.3 is 0 Å². The largest absolute Gasteiger partial charge is 0.441 e. The predicted molar refractivity (Wildman–Crippen MR) is 92.8 cm³/mol. The molecule has 134 valence electrons. The van der Waals surface area contributed by atoms with Crippen molar-refractivity contribution in [3.63, 3.8) is 0 Å². The lowest BCUT2D eigenvalue weighted by Crippen LogP contribution is -2.42. The zero-order valence-electron chi connectivity index (χ0n) is 14.4. The fourth-order valence-electron chi connectivity index (χ4n) is 3.23. The monoisotopic (exact) mass is 344 g/mol. The first-order valence-corrected chi connectivity index (χ1v) is 8.67. The Labute approximate surface area is 147 Å². The van der Waals surface area contributed by atoms with E-state index in [1.165, 1.54) is 0 Å². The van der Waals surface area contributed by atoms with E-state index in [2.05, 4.69) is 4.98 Å². The van der Waals surface area contributed by atoms with E-state index in [1.807, 2.05) is 37.3 Å². The molecule has 0 bridgehead atoms. The fraction of sp³-hybridized carbons (Fsp3) is 0.474. The molecule has 3 rings (SSSR count). The van der Waals surface area contributed by atoms with Crippen molar-refractivity contribution in [1.29, 1.82) is 0 Å². The molecule has 0 radical (unpaired) electrons. The number of hydrogen-bond acceptors (Lipinski definition) is 5. The molecule has 0 saturated carbocycles. The first kappa shape index (κ1) is 17.6. The Bertz CT molecular complexity index is 705. The average molecular weight is 344 g/mol. The van der Waals surface area contributed by atoms with Crippen molar-refractivity contribution in [2.45, 2.75) is 32.3 Å². The Balaban J connectivity index is 1.61. The molecule has 25 heavy (non-hydrogen) atoms. The molecule has 2 N–H and O–H groups in total. The van der Waals surface area contributed by atoms with Crippen molar-refractivity contribution in [2.24, 2.45) is 5.92 Å². The van der Waals surface area contributed by atoms with Gasteiger partial charge in [-0.3, -0.25) is 4.79 Å². The molecule has 1 atom stereocenters. The minimum Gasteiger partial charge on any atom is -0.441 e. The summed E-state index contributed by atoms with van der Waals surface area (Å²) in [5.74, 6) is 1.28. The Kier molecular flexibility index (Phi) is 5.50. The van der Waals surface area contributed by atoms with Crippen LogP contribution in [0.3, 0.4) is 0 Å². The molecule has 6 nitrogen and oxygen atoms in total. The molecular weight excluding hydrogens is 320 g/mol. The summed E-state index contributed by atoms with van der Waals surface area (Å²) in [7, 11) is 0. The molecule has 0 spiro atoms. The summed E-state index contributed by atoms with van der Waals surface area (Å²) in [6.45, 7) is 2.80. The minimum absolute atomic E-state index is 0.0212. The summed E-state index contributed by atoms with van der Waals surface area (Å²) in [5, 5.41) is 18.7. The van der Waals surface area contributed by atoms with E-state index < -0.39 is 6.10 Å². The molecule has 1 aliphatic heterocycles. The molecule has 1 aliphatic rings. The third-order valence-electron chi connectivity index (χ3n) is 4.86. The van der Waals surface area contributed by atoms with Gasteiger partial charge in [0.25, 0.3) is 0 Å². The minimum atomic E-state index is -0.691. The SMILES string of the molecule is Cc1oc(-c2ccccc2)nc1CC(=O)N1CCC(C(O)CO)CC1. The van der Waals surface area contributed by atoms with Crippen LogP contribution in [-0.4, -0.2) is 51.8 Å². The lowest BCUT2D eigenvalue weighted by molar-refractivity contribution is -0.132. The molecule has 2 aromatic rings. The van der Waals surface area contributed by atoms with Crippen LogP contribution in [0.25, 0.3) is 11.5 Å². The summed E-state index contributed by atoms with van der Waals surface area (Å²) >= 11 is 0. The van der Waals surface area contributed by atoms with E-state index in [1.54, 1.807) is 4.90 Å². The van der Waals surface area contributed by atoms with Gasteiger partial charge in [-0.25, -0.2) is 4.98 Å². The Morgan fingerprint density at radius 1 is 1.32 bits per heavy atom. The third-order valence-corrected chi connectivity index (χ3v) is 4.86. The van der Waals surface area contributed by atoms with Crippen LogP contribution in [0.2, 0.25) is 0 Å². The normalized spacial score (nSPS) is 16.8. The highest BCUT2D eigenvalue weighted by Gasteiger charge is 2.27. The summed E-state index contributed by atoms with van der Waals surface area (Å²) in [6, 6.07) is 9.62. The van der Waals surface area contributed by atoms with Crippen LogP contribution in [0.5, 0.6) is 0 Å². The van der Waals surface area contributed by atoms with Crippen molar-refractivity contribution in [2.75, 3.05) is 19.7 Å². The van der Waals surface area contributed by atoms with Crippen LogP contribution in [0.1, 0.15) is 24.3 Å². The van der Waals surface area contributed by atoms with Gasteiger partial charge in [0.05, 0.1) is 24.8 Å². The van der Waals surface area contributed by atoms with Crippen LogP contribution in [-0.2, 0) is 11.2 Å². The van der Waals surface area contributed by atoms with Crippen molar-refractivity contribution >= 4 is 5.91 Å². The van der Waals surface area contributed by atoms with Crippen LogP contribution < -0.4 is 0 Å². The zero-order chi connectivity index (χ0) is 17.8. The first-order valence-electron chi connectivity index (χ1n) is 8.67. The Morgan fingerprint density at radius 2 is 2.00 bits per heavy atom. The number of carbonyl (C=O) groups is 1. The number of benzene rings is 1. The van der Waals surface area contributed by atoms with Crippen LogP contribution in [0.15, 0.2) is 34.7 Å². The molecule has 6 heteroatoms. The highest BCUT2D eigenvalue weighted by atomic mass is 16.4. The van der Waals surface area contributed by atoms with Gasteiger partial charge in [0, 0.05) is 18.7 Å². The number of piperidine rings is 1. The molecule has 1 saturated heterocycles. The number of nitrogens with zero attached hydrogens (tertiary/aromatic N) is 2. The second kappa shape index (κ2) is 7.80. The van der Waals surface area contributed by atoms with E-state index in [9.17, 15) is 9.90 Å². The number of aryl methyl sites for hydroxylation is 1. The molecule has 2 heterocycles. The van der Waals surface area contributed by atoms with Gasteiger partial charge in [0.15, 0.2) is 0 Å². The maximum Gasteiger partial charge on any atom is 0.228 e. The second-order valence-electron chi connectivity index (χ2n) is 6.53. The topological polar surface area (TPSA) is 86.8 Å². The smallest absolute Gasteiger partial charge is 0.228 e. The van der Waals surface area contributed by atoms with Crippen molar-refractivity contribution in [3.05, 3.63) is 41.8 Å². The van der Waals surface area contributed by atoms with Gasteiger partial charge < -0.3 is 19.5 Å². The van der Waals surface area contributed by atoms with Crippen molar-refractivity contribution < 1.29 is 19.4 Å². The van der Waals surface area contributed by atoms with Crippen molar-refractivity contribution in [1.82, 2.24) is 9.88 Å². The molecule has 0 aliphatic carbocycles. The maximum atomic E-state index is 12.5. The lowest BCUT2D eigenvalue weighted by atomic mass is 9.91. The van der Waals surface area contributed by atoms with Gasteiger partial charge in [-0.05, 0) is 37.8 Å². The zero-order valence-corrected chi connectivity index (χ0v) is 14.4. The fourth-order valence-corrected chi connectivity index (χ4v) is 3.23. The first-order chi connectivity index (χ1) is 12.1. The second-order valence-corrected chi connectivity index (χ2v) is 6.53. The van der Waals surface area contributed by atoms with E-state index in [0.29, 0.717) is 43.3 Å². The third kappa shape index (κ3) is 4.08. The van der Waals surface area contributed by atoms with Gasteiger partial charge in [0.1, 0.15) is 5.76 Å². The van der Waals surface area contributed by atoms with Gasteiger partial charge in [-0.2, -0.15) is 0 Å². The number of aliphatic hydroxyl groups is 2. The lowest BCUT2D eigenvalue weighted by Gasteiger charge is -2.33. The maximum absolute atomic E-state index is 12.5. The van der Waals surface area contributed by atoms with Crippen LogP contribution in [0, 0.1) is 12.8 Å². The quantitative estimate of drug-likeness (QED) is 0.863. The number of likely N-dealkylation sites (tertiary alicyclic amines) is 1. The highest BCUT2D eigenvalue weighted by molar-refractivity contribution is 5.78. The predicted octanol–water partition coefficient (Wildman–Crippen LogP) is 1.78. The van der Waals surface area contributed by atoms with Crippen molar-refractivity contribution in [3.8, 4) is 11.5 Å². The number of oxazole rings is 1. The van der Waals surface area contributed by atoms with E-state index in [4.69, 9.17) is 9.52 Å². The number of amides is 1. The van der Waals surface area contributed by atoms with E-state index in [0.717, 1.165) is 5.56 Å². The van der Waals surface area contributed by atoms with Gasteiger partial charge in [-0.1, -0.05) is 18.2 Å². The number of carbonyl (C=O) groups excluding carboxylic acids is 1. The van der Waals surface area contributed by atoms with Crippen LogP contribution in [0.4, 0.5) is 0 Å². The standard InChI is InChI=1S/C19H24N2O4/c1-13-16(20-19(25-13)15-5-3-2-4-6-15)11-18(24)21-9-7-14(8-10-21)17(23)12-22/h2-6,14,17,22-23H,7-12H2,1H3. The van der Waals surface area contributed by atoms with Gasteiger partial charge in [0.2, 0.25) is 11.8 Å². The molecule has 1 amide bonds. The number of aromatic nitrogens is 1. The summed E-state index contributed by atoms with van der Waals surface area (Å²) in [5.41, 5.74) is 1.56. The highest BCUT2D eigenvalue weighted by Crippen LogP contribution is 2.24. The summed E-state index contributed by atoms with van der Waals surface area (Å²) in [6.07, 6.45) is 0.944. The molecular formula is C19H24N2O4. The molecule has 1 fully saturated rings. The Hall–Kier alpha value is -2.18. The number of hydrogen-bond donors (Lipinski definition) is 2. The molecule has 1 unspecified atom stereocenters. The van der Waals surface area contributed by atoms with E-state index >= 15 is 0 Å². The van der Waals surface area contributed by atoms with Gasteiger partial charge in [-0.15, -0.1) is 0 Å². The van der Waals surface area contributed by atoms with E-state index in [-0.39, 0.29) is 24.9 Å². The molecule has 1 aromatic heterocycles. The number of aliphatic hydroxyl groups excluding tert-OH is 2. The number of rotatable bonds is 5. The summed E-state index contributed by atoms with van der Waals surface area (Å²) in [4.78, 5) is 18.8. The average Bonchev–Trinajstić information content (AvgIpc) is 3.02. The Morgan fingerprint density at radius 3 is 2.64 bits per heavy atom. The summed E-state index contributed by atoms with van der Waals surface area (Å²) < 4.78 is 5.71. The van der Waals surface area contributed by atoms with Crippen LogP contribution >= 0.6 is 0 Å².